The number of hydrogen-bond donors (Lipinski definition) is 2. The van der Waals surface area contributed by atoms with Crippen LogP contribution in [0.5, 0.6) is 0 Å². The minimum atomic E-state index is -0.492. The number of nitrogen functional groups attached to an aromatic ring is 1. The number of nitrogens with two attached hydrogens (primary N) is 1. The standard InChI is InChI=1S/C13H20N2O2/c1-2-17-12(9-5-6-9)11(16)8-10-4-3-7-15-13(10)14/h3-4,7,9,11-12,16H,2,5-6,8H2,1H3,(H2,14,15). The largest absolute Gasteiger partial charge is 0.390 e. The SMILES string of the molecule is CCOC(C(O)Cc1cccnc1N)C1CC1. The van der Waals surface area contributed by atoms with Crippen LogP contribution in [0.15, 0.2) is 18.3 Å². The molecule has 0 aromatic carbocycles. The molecule has 0 saturated heterocycles. The monoisotopic (exact) mass is 236 g/mol. The normalized spacial score (nSPS) is 18.9. The lowest BCUT2D eigenvalue weighted by molar-refractivity contribution is -0.0439. The number of anilines is 1. The minimum Gasteiger partial charge on any atom is -0.390 e. The fraction of sp³-hybridized carbons (Fsp3) is 0.615. The highest BCUT2D eigenvalue weighted by Crippen LogP contribution is 2.36. The Bertz CT molecular complexity index is 366. The van der Waals surface area contributed by atoms with Crippen LogP contribution >= 0.6 is 0 Å². The summed E-state index contributed by atoms with van der Waals surface area (Å²) in [5.74, 6) is 1.01. The summed E-state index contributed by atoms with van der Waals surface area (Å²) in [6, 6.07) is 3.74. The van der Waals surface area contributed by atoms with Gasteiger partial charge in [0.25, 0.3) is 0 Å². The topological polar surface area (TPSA) is 68.4 Å². The third kappa shape index (κ3) is 3.17. The number of aliphatic hydroxyl groups excluding tert-OH is 1. The third-order valence-electron chi connectivity index (χ3n) is 3.18. The van der Waals surface area contributed by atoms with Crippen LogP contribution < -0.4 is 5.73 Å². The quantitative estimate of drug-likeness (QED) is 0.783. The molecule has 4 heteroatoms. The second kappa shape index (κ2) is 5.47. The fourth-order valence-corrected chi connectivity index (χ4v) is 2.14. The molecule has 1 saturated carbocycles. The van der Waals surface area contributed by atoms with Crippen LogP contribution in [0.1, 0.15) is 25.3 Å². The molecule has 1 aliphatic carbocycles. The van der Waals surface area contributed by atoms with Gasteiger partial charge in [-0.15, -0.1) is 0 Å². The zero-order chi connectivity index (χ0) is 12.3. The molecule has 4 nitrogen and oxygen atoms in total. The summed E-state index contributed by atoms with van der Waals surface area (Å²) >= 11 is 0. The van der Waals surface area contributed by atoms with Crippen LogP contribution in [-0.4, -0.2) is 28.9 Å². The summed E-state index contributed by atoms with van der Waals surface area (Å²) in [6.45, 7) is 2.60. The molecule has 2 unspecified atom stereocenters. The molecule has 1 fully saturated rings. The molecule has 1 aliphatic rings. The van der Waals surface area contributed by atoms with E-state index in [9.17, 15) is 5.11 Å². The molecule has 1 heterocycles. The average Bonchev–Trinajstić information content (AvgIpc) is 3.13. The third-order valence-corrected chi connectivity index (χ3v) is 3.18. The van der Waals surface area contributed by atoms with Gasteiger partial charge in [0.15, 0.2) is 0 Å². The zero-order valence-electron chi connectivity index (χ0n) is 10.2. The molecule has 1 aromatic rings. The highest BCUT2D eigenvalue weighted by molar-refractivity contribution is 5.38. The van der Waals surface area contributed by atoms with E-state index in [-0.39, 0.29) is 6.10 Å². The molecule has 2 rings (SSSR count). The predicted molar refractivity (Wildman–Crippen MR) is 66.5 cm³/mol. The molecule has 17 heavy (non-hydrogen) atoms. The number of hydrogen-bond acceptors (Lipinski definition) is 4. The highest BCUT2D eigenvalue weighted by Gasteiger charge is 2.36. The Morgan fingerprint density at radius 2 is 2.35 bits per heavy atom. The van der Waals surface area contributed by atoms with Crippen molar-refractivity contribution in [1.29, 1.82) is 0 Å². The number of rotatable bonds is 6. The number of nitrogens with zero attached hydrogens (tertiary/aromatic N) is 1. The second-order valence-corrected chi connectivity index (χ2v) is 4.58. The maximum Gasteiger partial charge on any atom is 0.126 e. The zero-order valence-corrected chi connectivity index (χ0v) is 10.2. The lowest BCUT2D eigenvalue weighted by Gasteiger charge is -2.23. The van der Waals surface area contributed by atoms with Crippen molar-refractivity contribution in [3.8, 4) is 0 Å². The Labute approximate surface area is 102 Å². The van der Waals surface area contributed by atoms with Crippen LogP contribution in [0.25, 0.3) is 0 Å². The summed E-state index contributed by atoms with van der Waals surface area (Å²) in [7, 11) is 0. The van der Waals surface area contributed by atoms with Gasteiger partial charge in [0.1, 0.15) is 5.82 Å². The first-order valence-electron chi connectivity index (χ1n) is 6.21. The van der Waals surface area contributed by atoms with Crippen molar-refractivity contribution >= 4 is 5.82 Å². The van der Waals surface area contributed by atoms with E-state index in [1.54, 1.807) is 6.20 Å². The summed E-state index contributed by atoms with van der Waals surface area (Å²) in [6.07, 6.45) is 3.94. The Kier molecular flexibility index (Phi) is 3.97. The van der Waals surface area contributed by atoms with E-state index in [0.29, 0.717) is 24.8 Å². The van der Waals surface area contributed by atoms with Gasteiger partial charge in [-0.3, -0.25) is 0 Å². The van der Waals surface area contributed by atoms with Crippen LogP contribution in [0.3, 0.4) is 0 Å². The summed E-state index contributed by atoms with van der Waals surface area (Å²) < 4.78 is 5.63. The summed E-state index contributed by atoms with van der Waals surface area (Å²) in [5.41, 5.74) is 6.67. The number of ether oxygens (including phenoxy) is 1. The van der Waals surface area contributed by atoms with Gasteiger partial charge in [-0.05, 0) is 37.3 Å². The Morgan fingerprint density at radius 1 is 1.59 bits per heavy atom. The molecule has 0 aliphatic heterocycles. The Balaban J connectivity index is 1.99. The van der Waals surface area contributed by atoms with E-state index in [1.165, 1.54) is 0 Å². The first-order chi connectivity index (χ1) is 8.22. The van der Waals surface area contributed by atoms with Gasteiger partial charge in [-0.25, -0.2) is 4.98 Å². The smallest absolute Gasteiger partial charge is 0.126 e. The van der Waals surface area contributed by atoms with E-state index in [1.807, 2.05) is 19.1 Å². The van der Waals surface area contributed by atoms with Crippen molar-refractivity contribution in [1.82, 2.24) is 4.98 Å². The molecule has 0 amide bonds. The van der Waals surface area contributed by atoms with E-state index >= 15 is 0 Å². The number of aliphatic hydroxyl groups is 1. The van der Waals surface area contributed by atoms with Gasteiger partial charge in [0.2, 0.25) is 0 Å². The molecule has 1 aromatic heterocycles. The highest BCUT2D eigenvalue weighted by atomic mass is 16.5. The first-order valence-corrected chi connectivity index (χ1v) is 6.21. The minimum absolute atomic E-state index is 0.0559. The maximum atomic E-state index is 10.2. The van der Waals surface area contributed by atoms with E-state index in [4.69, 9.17) is 10.5 Å². The molecular weight excluding hydrogens is 216 g/mol. The summed E-state index contributed by atoms with van der Waals surface area (Å²) in [5, 5.41) is 10.2. The van der Waals surface area contributed by atoms with Crippen LogP contribution in [0.2, 0.25) is 0 Å². The van der Waals surface area contributed by atoms with Gasteiger partial charge < -0.3 is 15.6 Å². The van der Waals surface area contributed by atoms with Gasteiger partial charge in [-0.2, -0.15) is 0 Å². The maximum absolute atomic E-state index is 10.2. The van der Waals surface area contributed by atoms with Crippen molar-refractivity contribution in [2.75, 3.05) is 12.3 Å². The molecule has 2 atom stereocenters. The molecule has 0 radical (unpaired) electrons. The van der Waals surface area contributed by atoms with Crippen molar-refractivity contribution in [2.24, 2.45) is 5.92 Å². The Morgan fingerprint density at radius 3 is 2.94 bits per heavy atom. The van der Waals surface area contributed by atoms with Crippen molar-refractivity contribution in [3.63, 3.8) is 0 Å². The number of aromatic nitrogens is 1. The van der Waals surface area contributed by atoms with Crippen LogP contribution in [0, 0.1) is 5.92 Å². The van der Waals surface area contributed by atoms with Crippen molar-refractivity contribution in [3.05, 3.63) is 23.9 Å². The van der Waals surface area contributed by atoms with Crippen LogP contribution in [0.4, 0.5) is 5.82 Å². The Hall–Kier alpha value is -1.13. The van der Waals surface area contributed by atoms with Crippen molar-refractivity contribution in [2.45, 2.75) is 38.4 Å². The van der Waals surface area contributed by atoms with Crippen LogP contribution in [-0.2, 0) is 11.2 Å². The van der Waals surface area contributed by atoms with E-state index < -0.39 is 6.10 Å². The summed E-state index contributed by atoms with van der Waals surface area (Å²) in [4.78, 5) is 4.02. The second-order valence-electron chi connectivity index (χ2n) is 4.58. The molecule has 0 spiro atoms. The van der Waals surface area contributed by atoms with Gasteiger partial charge in [0.05, 0.1) is 12.2 Å². The number of pyridine rings is 1. The molecule has 0 bridgehead atoms. The van der Waals surface area contributed by atoms with Gasteiger partial charge in [-0.1, -0.05) is 6.07 Å². The predicted octanol–water partition coefficient (Wildman–Crippen LogP) is 1.38. The van der Waals surface area contributed by atoms with Gasteiger partial charge in [0, 0.05) is 19.2 Å². The van der Waals surface area contributed by atoms with Crippen molar-refractivity contribution < 1.29 is 9.84 Å². The van der Waals surface area contributed by atoms with Gasteiger partial charge >= 0.3 is 0 Å². The lowest BCUT2D eigenvalue weighted by Crippen LogP contribution is -2.33. The lowest BCUT2D eigenvalue weighted by atomic mass is 10.0. The molecular formula is C13H20N2O2. The molecule has 3 N–H and O–H groups in total. The van der Waals surface area contributed by atoms with E-state index in [0.717, 1.165) is 18.4 Å². The fourth-order valence-electron chi connectivity index (χ4n) is 2.14. The molecule has 94 valence electrons. The van der Waals surface area contributed by atoms with E-state index in [2.05, 4.69) is 4.98 Å². The average molecular weight is 236 g/mol. The first kappa shape index (κ1) is 12.3.